The third kappa shape index (κ3) is 3.15. The maximum atomic E-state index is 10.7. The zero-order valence-corrected chi connectivity index (χ0v) is 15.8. The standard InChI is InChI=1S/C20H23N3O2S/c1-11-9-18(21-15-5-3-4-6-16(15)24)22-23-19(11)13-7-8-17-14(20(13)25)10-12(2)26-17/h7-10,15-16,24-25H,3-6H2,1-2H3,(H,21,22). The van der Waals surface area contributed by atoms with Crippen LogP contribution < -0.4 is 5.32 Å². The molecule has 0 spiro atoms. The number of nitrogens with one attached hydrogen (secondary N) is 1. The highest BCUT2D eigenvalue weighted by atomic mass is 32.1. The maximum absolute atomic E-state index is 10.7. The normalized spacial score (nSPS) is 20.4. The molecule has 26 heavy (non-hydrogen) atoms. The van der Waals surface area contributed by atoms with Crippen LogP contribution in [0.1, 0.15) is 36.1 Å². The SMILES string of the molecule is Cc1cc2c(O)c(-c3nnc(NC4CCCCC4O)cc3C)ccc2s1. The topological polar surface area (TPSA) is 78.3 Å². The molecule has 0 aliphatic heterocycles. The number of aromatic nitrogens is 2. The van der Waals surface area contributed by atoms with Gasteiger partial charge in [-0.15, -0.1) is 21.5 Å². The van der Waals surface area contributed by atoms with Gasteiger partial charge in [0, 0.05) is 20.5 Å². The Morgan fingerprint density at radius 1 is 1.12 bits per heavy atom. The van der Waals surface area contributed by atoms with Crippen molar-refractivity contribution in [2.45, 2.75) is 51.7 Å². The third-order valence-corrected chi connectivity index (χ3v) is 6.11. The lowest BCUT2D eigenvalue weighted by atomic mass is 9.92. The lowest BCUT2D eigenvalue weighted by molar-refractivity contribution is 0.116. The molecule has 136 valence electrons. The smallest absolute Gasteiger partial charge is 0.149 e. The Labute approximate surface area is 156 Å². The Kier molecular flexibility index (Phi) is 4.54. The first-order chi connectivity index (χ1) is 12.5. The van der Waals surface area contributed by atoms with Crippen LogP contribution in [0.3, 0.4) is 0 Å². The molecule has 1 aromatic carbocycles. The summed E-state index contributed by atoms with van der Waals surface area (Å²) < 4.78 is 1.07. The van der Waals surface area contributed by atoms with Crippen molar-refractivity contribution in [2.75, 3.05) is 5.32 Å². The van der Waals surface area contributed by atoms with E-state index >= 15 is 0 Å². The fourth-order valence-corrected chi connectivity index (χ4v) is 4.63. The molecule has 2 atom stereocenters. The van der Waals surface area contributed by atoms with Crippen LogP contribution in [-0.2, 0) is 0 Å². The summed E-state index contributed by atoms with van der Waals surface area (Å²) in [6.45, 7) is 4.00. The molecule has 0 bridgehead atoms. The summed E-state index contributed by atoms with van der Waals surface area (Å²) >= 11 is 1.67. The fourth-order valence-electron chi connectivity index (χ4n) is 3.71. The second kappa shape index (κ2) is 6.85. The van der Waals surface area contributed by atoms with Crippen LogP contribution in [-0.4, -0.2) is 32.6 Å². The highest BCUT2D eigenvalue weighted by Gasteiger charge is 2.23. The van der Waals surface area contributed by atoms with Gasteiger partial charge in [-0.05, 0) is 56.5 Å². The first-order valence-electron chi connectivity index (χ1n) is 9.04. The summed E-state index contributed by atoms with van der Waals surface area (Å²) in [7, 11) is 0. The van der Waals surface area contributed by atoms with E-state index in [-0.39, 0.29) is 17.9 Å². The largest absolute Gasteiger partial charge is 0.507 e. The molecule has 5 nitrogen and oxygen atoms in total. The van der Waals surface area contributed by atoms with Gasteiger partial charge in [0.2, 0.25) is 0 Å². The van der Waals surface area contributed by atoms with Crippen molar-refractivity contribution in [3.63, 3.8) is 0 Å². The number of fused-ring (bicyclic) bond motifs is 1. The van der Waals surface area contributed by atoms with Gasteiger partial charge in [-0.3, -0.25) is 0 Å². The van der Waals surface area contributed by atoms with Crippen LogP contribution in [0.4, 0.5) is 5.82 Å². The van der Waals surface area contributed by atoms with E-state index < -0.39 is 0 Å². The van der Waals surface area contributed by atoms with E-state index in [1.54, 1.807) is 11.3 Å². The van der Waals surface area contributed by atoms with Crippen molar-refractivity contribution in [1.82, 2.24) is 10.2 Å². The summed E-state index contributed by atoms with van der Waals surface area (Å²) in [6.07, 6.45) is 3.63. The molecule has 1 aliphatic rings. The number of hydrogen-bond acceptors (Lipinski definition) is 6. The molecular weight excluding hydrogens is 346 g/mol. The Hall–Kier alpha value is -2.18. The fraction of sp³-hybridized carbons (Fsp3) is 0.400. The van der Waals surface area contributed by atoms with E-state index in [9.17, 15) is 10.2 Å². The number of benzene rings is 1. The van der Waals surface area contributed by atoms with Gasteiger partial charge in [-0.25, -0.2) is 0 Å². The van der Waals surface area contributed by atoms with Gasteiger partial charge < -0.3 is 15.5 Å². The highest BCUT2D eigenvalue weighted by molar-refractivity contribution is 7.19. The molecule has 2 unspecified atom stereocenters. The second-order valence-electron chi connectivity index (χ2n) is 7.09. The van der Waals surface area contributed by atoms with Crippen LogP contribution >= 0.6 is 11.3 Å². The average molecular weight is 369 g/mol. The Morgan fingerprint density at radius 2 is 1.92 bits per heavy atom. The highest BCUT2D eigenvalue weighted by Crippen LogP contribution is 2.39. The number of phenolic OH excluding ortho intramolecular Hbond substituents is 1. The van der Waals surface area contributed by atoms with Gasteiger partial charge >= 0.3 is 0 Å². The molecule has 4 rings (SSSR count). The van der Waals surface area contributed by atoms with Gasteiger partial charge in [0.25, 0.3) is 0 Å². The van der Waals surface area contributed by atoms with Crippen molar-refractivity contribution >= 4 is 27.2 Å². The van der Waals surface area contributed by atoms with Crippen molar-refractivity contribution in [3.05, 3.63) is 34.7 Å². The first kappa shape index (κ1) is 17.2. The van der Waals surface area contributed by atoms with E-state index in [2.05, 4.69) is 15.5 Å². The molecule has 2 heterocycles. The summed E-state index contributed by atoms with van der Waals surface area (Å²) in [4.78, 5) is 1.17. The zero-order valence-electron chi connectivity index (χ0n) is 15.0. The van der Waals surface area contributed by atoms with E-state index in [0.29, 0.717) is 17.1 Å². The van der Waals surface area contributed by atoms with Crippen LogP contribution in [0.25, 0.3) is 21.3 Å². The number of phenols is 1. The van der Waals surface area contributed by atoms with Gasteiger partial charge in [-0.1, -0.05) is 12.8 Å². The minimum absolute atomic E-state index is 0.0295. The lowest BCUT2D eigenvalue weighted by Gasteiger charge is -2.28. The van der Waals surface area contributed by atoms with Crippen molar-refractivity contribution in [2.24, 2.45) is 0 Å². The lowest BCUT2D eigenvalue weighted by Crippen LogP contribution is -2.36. The Bertz CT molecular complexity index is 954. The second-order valence-corrected chi connectivity index (χ2v) is 8.38. The Morgan fingerprint density at radius 3 is 2.69 bits per heavy atom. The predicted octanol–water partition coefficient (Wildman–Crippen LogP) is 4.40. The molecule has 0 radical (unpaired) electrons. The number of rotatable bonds is 3. The quantitative estimate of drug-likeness (QED) is 0.638. The number of aromatic hydroxyl groups is 1. The molecule has 1 aliphatic carbocycles. The van der Waals surface area contributed by atoms with Gasteiger partial charge in [-0.2, -0.15) is 0 Å². The van der Waals surface area contributed by atoms with Crippen LogP contribution in [0.2, 0.25) is 0 Å². The number of hydrogen-bond donors (Lipinski definition) is 3. The minimum Gasteiger partial charge on any atom is -0.507 e. The number of anilines is 1. The number of nitrogens with zero attached hydrogens (tertiary/aromatic N) is 2. The molecule has 1 fully saturated rings. The van der Waals surface area contributed by atoms with Crippen molar-refractivity contribution in [3.8, 4) is 17.0 Å². The first-order valence-corrected chi connectivity index (χ1v) is 9.86. The molecule has 0 amide bonds. The van der Waals surface area contributed by atoms with E-state index in [0.717, 1.165) is 41.3 Å². The van der Waals surface area contributed by atoms with E-state index in [4.69, 9.17) is 0 Å². The molecular formula is C20H23N3O2S. The van der Waals surface area contributed by atoms with E-state index in [1.165, 1.54) is 4.88 Å². The molecule has 3 N–H and O–H groups in total. The monoisotopic (exact) mass is 369 g/mol. The predicted molar refractivity (Wildman–Crippen MR) is 106 cm³/mol. The van der Waals surface area contributed by atoms with Crippen molar-refractivity contribution in [1.29, 1.82) is 0 Å². The van der Waals surface area contributed by atoms with Gasteiger partial charge in [0.05, 0.1) is 17.8 Å². The molecule has 2 aromatic heterocycles. The third-order valence-electron chi connectivity index (χ3n) is 5.10. The molecule has 1 saturated carbocycles. The number of aliphatic hydroxyl groups is 1. The van der Waals surface area contributed by atoms with Gasteiger partial charge in [0.15, 0.2) is 0 Å². The Balaban J connectivity index is 1.65. The maximum Gasteiger partial charge on any atom is 0.149 e. The minimum atomic E-state index is -0.334. The summed E-state index contributed by atoms with van der Waals surface area (Å²) in [5, 5.41) is 33.7. The molecule has 6 heteroatoms. The zero-order chi connectivity index (χ0) is 18.3. The molecule has 3 aromatic rings. The van der Waals surface area contributed by atoms with Crippen LogP contribution in [0.5, 0.6) is 5.75 Å². The summed E-state index contributed by atoms with van der Waals surface area (Å²) in [5.74, 6) is 0.928. The van der Waals surface area contributed by atoms with Gasteiger partial charge in [0.1, 0.15) is 11.6 Å². The average Bonchev–Trinajstić information content (AvgIpc) is 3.00. The summed E-state index contributed by atoms with van der Waals surface area (Å²) in [6, 6.07) is 7.90. The van der Waals surface area contributed by atoms with Crippen LogP contribution in [0.15, 0.2) is 24.3 Å². The summed E-state index contributed by atoms with van der Waals surface area (Å²) in [5.41, 5.74) is 2.32. The van der Waals surface area contributed by atoms with Crippen molar-refractivity contribution < 1.29 is 10.2 Å². The van der Waals surface area contributed by atoms with E-state index in [1.807, 2.05) is 38.1 Å². The molecule has 0 saturated heterocycles. The number of aliphatic hydroxyl groups excluding tert-OH is 1. The number of thiophene rings is 1. The number of aryl methyl sites for hydroxylation is 2. The van der Waals surface area contributed by atoms with Crippen LogP contribution in [0, 0.1) is 13.8 Å².